The number of nitrogens with one attached hydrogen (secondary N) is 8. The van der Waals surface area contributed by atoms with E-state index in [1.54, 1.807) is 127 Å². The summed E-state index contributed by atoms with van der Waals surface area (Å²) in [4.78, 5) is 123. The Hall–Kier alpha value is -16.2. The van der Waals surface area contributed by atoms with Crippen molar-refractivity contribution >= 4 is 118 Å². The van der Waals surface area contributed by atoms with Crippen molar-refractivity contribution in [1.82, 2.24) is 64.0 Å². The molecule has 31 heteroatoms. The first-order valence-corrected chi connectivity index (χ1v) is 37.7. The fraction of sp³-hybridized carbons (Fsp3) is 0.0349. The Morgan fingerprint density at radius 1 is 0.256 bits per heavy atom. The molecule has 9 aromatic carbocycles. The third-order valence-electron chi connectivity index (χ3n) is 16.9. The molecule has 16 rings (SSSR count). The third-order valence-corrected chi connectivity index (χ3v) is 18.6. The van der Waals surface area contributed by atoms with Gasteiger partial charge in [-0.3, -0.25) is 85.9 Å². The number of para-hydroxylation sites is 4. The summed E-state index contributed by atoms with van der Waals surface area (Å²) in [6, 6.07) is 88.4. The van der Waals surface area contributed by atoms with Gasteiger partial charge in [0.05, 0.1) is 32.5 Å². The maximum atomic E-state index is 12.8. The number of hydrogen-bond acceptors (Lipinski definition) is 19. The SMILES string of the molecule is Cc1ccccc1C(=O)Nc1nc(NC(=O)c2ccccc2)n(-c2ccccc2)n1.Cc1ccccc1C(=O)Nc1nc(NC(=O)c2ccccn2)n(-c2ccccc2)n1.Cc1ccccc1C(=O)Nc1nc(NC(=O)c2cccs2)nn1-c1ccccc1.O=C(Nc1nc(NC(=O)c2cccs2)nn1-c1ccccc1)c1ccccc1. The topological polar surface area (TPSA) is 369 Å². The van der Waals surface area contributed by atoms with Crippen LogP contribution in [-0.2, 0) is 0 Å². The molecule has 16 aromatic rings. The standard InChI is InChI=1S/C23H19N5O2.C22H18N6O2.C21H17N5O2S.C20H15N5O2S/c1-16-10-8-9-15-19(16)21(30)24-22-26-23(25-20(29)17-11-4-2-5-12-17)28(27-22)18-13-6-3-7-14-18;1-15-9-5-6-12-17(15)19(29)24-21-26-22(25-20(30)18-13-7-8-14-23-18)28(27-21)16-10-3-2-4-11-16;1-14-8-5-6-11-16(14)18(27)23-21-24-20(22-19(28)17-12-7-13-29-17)25-26(21)15-9-3-2-4-10-15;26-17(14-8-3-1-4-9-14)22-20-23-19(21-18(27)16-12-7-13-28-16)24-25(20)15-10-5-2-6-11-15/h2-15H,1H3,(H2,24,25,26,27,29,30);2-14H,1H3,(H2,24,25,26,27,29,30);2-13H,1H3,(H2,22,23,24,25,27,28);1-13H,(H2,21,22,23,24,26,27). The monoisotopic (exact) mass is 1590 g/mol. The predicted molar refractivity (Wildman–Crippen MR) is 448 cm³/mol. The minimum absolute atomic E-state index is 0.0726. The molecule has 0 bridgehead atoms. The van der Waals surface area contributed by atoms with Crippen molar-refractivity contribution < 1.29 is 38.4 Å². The van der Waals surface area contributed by atoms with Crippen LogP contribution in [0.5, 0.6) is 0 Å². The van der Waals surface area contributed by atoms with E-state index >= 15 is 0 Å². The first-order valence-electron chi connectivity index (χ1n) is 35.9. The number of anilines is 8. The summed E-state index contributed by atoms with van der Waals surface area (Å²) in [6.45, 7) is 5.57. The van der Waals surface area contributed by atoms with Crippen LogP contribution in [0.25, 0.3) is 22.7 Å². The van der Waals surface area contributed by atoms with Gasteiger partial charge in [0, 0.05) is 34.0 Å². The van der Waals surface area contributed by atoms with E-state index in [0.717, 1.165) is 16.7 Å². The van der Waals surface area contributed by atoms with Crippen molar-refractivity contribution in [3.05, 3.63) is 374 Å². The molecule has 0 aliphatic carbocycles. The molecule has 0 fully saturated rings. The molecule has 8 N–H and O–H groups in total. The van der Waals surface area contributed by atoms with Crippen LogP contribution < -0.4 is 42.5 Å². The molecule has 7 heterocycles. The summed E-state index contributed by atoms with van der Waals surface area (Å²) in [5.41, 5.74) is 8.13. The smallest absolute Gasteiger partial charge is 0.276 e. The average molecular weight is 1590 g/mol. The quantitative estimate of drug-likeness (QED) is 0.0351. The number of pyridine rings is 1. The van der Waals surface area contributed by atoms with E-state index < -0.39 is 5.91 Å². The number of benzene rings is 9. The average Bonchev–Trinajstić information content (AvgIpc) is 1.69. The molecule has 0 aliphatic heterocycles. The van der Waals surface area contributed by atoms with Crippen LogP contribution in [0, 0.1) is 20.8 Å². The van der Waals surface area contributed by atoms with Crippen LogP contribution in [0.2, 0.25) is 0 Å². The van der Waals surface area contributed by atoms with Gasteiger partial charge in [-0.05, 0) is 163 Å². The summed E-state index contributed by atoms with van der Waals surface area (Å²) in [5.74, 6) is -1.47. The second-order valence-electron chi connectivity index (χ2n) is 25.0. The van der Waals surface area contributed by atoms with Crippen LogP contribution in [0.1, 0.15) is 98.3 Å². The molecule has 117 heavy (non-hydrogen) atoms. The minimum Gasteiger partial charge on any atom is -0.290 e. The number of nitrogens with zero attached hydrogens (tertiary/aromatic N) is 13. The summed E-state index contributed by atoms with van der Waals surface area (Å²) in [6.07, 6.45) is 1.53. The largest absolute Gasteiger partial charge is 0.290 e. The highest BCUT2D eigenvalue weighted by Gasteiger charge is 2.24. The van der Waals surface area contributed by atoms with Gasteiger partial charge in [-0.2, -0.15) is 38.7 Å². The lowest BCUT2D eigenvalue weighted by Gasteiger charge is -2.08. The Balaban J connectivity index is 0.000000136. The zero-order valence-corrected chi connectivity index (χ0v) is 64.1. The van der Waals surface area contributed by atoms with Crippen molar-refractivity contribution in [3.63, 3.8) is 0 Å². The highest BCUT2D eigenvalue weighted by atomic mass is 32.1. The number of rotatable bonds is 20. The highest BCUT2D eigenvalue weighted by Crippen LogP contribution is 2.25. The molecule has 0 saturated heterocycles. The third kappa shape index (κ3) is 20.7. The van der Waals surface area contributed by atoms with E-state index in [-0.39, 0.29) is 94.6 Å². The summed E-state index contributed by atoms with van der Waals surface area (Å²) in [5, 5.41) is 42.9. The zero-order valence-electron chi connectivity index (χ0n) is 62.4. The Kier molecular flexibility index (Phi) is 25.8. The molecule has 0 radical (unpaired) electrons. The maximum Gasteiger partial charge on any atom is 0.276 e. The molecule has 578 valence electrons. The molecular formula is C86H69N21O8S2. The molecule has 0 spiro atoms. The van der Waals surface area contributed by atoms with Crippen molar-refractivity contribution in [1.29, 1.82) is 0 Å². The number of thiophene rings is 2. The van der Waals surface area contributed by atoms with Crippen LogP contribution in [0.3, 0.4) is 0 Å². The number of hydrogen-bond donors (Lipinski definition) is 8. The van der Waals surface area contributed by atoms with E-state index in [1.807, 2.05) is 201 Å². The molecule has 0 aliphatic rings. The Bertz CT molecular complexity index is 5920. The Morgan fingerprint density at radius 3 is 0.812 bits per heavy atom. The van der Waals surface area contributed by atoms with Crippen molar-refractivity contribution in [2.24, 2.45) is 0 Å². The lowest BCUT2D eigenvalue weighted by atomic mass is 10.1. The summed E-state index contributed by atoms with van der Waals surface area (Å²) >= 11 is 2.64. The number of carbonyl (C=O) groups is 8. The first-order chi connectivity index (χ1) is 57.0. The first kappa shape index (κ1) is 79.0. The van der Waals surface area contributed by atoms with Gasteiger partial charge in [0.15, 0.2) is 0 Å². The fourth-order valence-corrected chi connectivity index (χ4v) is 12.3. The zero-order chi connectivity index (χ0) is 81.4. The number of aryl methyl sites for hydroxylation is 3. The molecule has 7 aromatic heterocycles. The second kappa shape index (κ2) is 38.2. The predicted octanol–water partition coefficient (Wildman–Crippen LogP) is 15.5. The van der Waals surface area contributed by atoms with E-state index in [4.69, 9.17) is 0 Å². The fourth-order valence-electron chi connectivity index (χ4n) is 11.1. The van der Waals surface area contributed by atoms with Gasteiger partial charge in [-0.1, -0.05) is 182 Å². The van der Waals surface area contributed by atoms with Gasteiger partial charge in [0.2, 0.25) is 23.8 Å². The Labute approximate surface area is 676 Å². The van der Waals surface area contributed by atoms with E-state index in [9.17, 15) is 38.4 Å². The van der Waals surface area contributed by atoms with Crippen molar-refractivity contribution in [2.75, 3.05) is 42.5 Å². The van der Waals surface area contributed by atoms with E-state index in [1.165, 1.54) is 47.6 Å². The van der Waals surface area contributed by atoms with Crippen LogP contribution >= 0.6 is 22.7 Å². The lowest BCUT2D eigenvalue weighted by molar-refractivity contribution is 0.101. The van der Waals surface area contributed by atoms with Gasteiger partial charge < -0.3 is 0 Å². The number of aromatic nitrogens is 13. The Morgan fingerprint density at radius 2 is 0.521 bits per heavy atom. The molecule has 0 saturated carbocycles. The van der Waals surface area contributed by atoms with E-state index in [0.29, 0.717) is 60.3 Å². The van der Waals surface area contributed by atoms with Crippen molar-refractivity contribution in [3.8, 4) is 22.7 Å². The van der Waals surface area contributed by atoms with Gasteiger partial charge in [0.1, 0.15) is 5.69 Å². The number of carbonyl (C=O) groups excluding carboxylic acids is 8. The molecule has 8 amide bonds. The number of amides is 8. The second-order valence-corrected chi connectivity index (χ2v) is 26.9. The van der Waals surface area contributed by atoms with Crippen LogP contribution in [0.4, 0.5) is 47.6 Å². The van der Waals surface area contributed by atoms with Gasteiger partial charge in [-0.15, -0.1) is 43.1 Å². The van der Waals surface area contributed by atoms with Gasteiger partial charge in [0.25, 0.3) is 71.1 Å². The van der Waals surface area contributed by atoms with E-state index in [2.05, 4.69) is 87.8 Å². The van der Waals surface area contributed by atoms with Crippen LogP contribution in [-0.4, -0.2) is 111 Å². The van der Waals surface area contributed by atoms with Gasteiger partial charge >= 0.3 is 0 Å². The molecule has 0 unspecified atom stereocenters. The summed E-state index contributed by atoms with van der Waals surface area (Å²) < 4.78 is 5.90. The maximum absolute atomic E-state index is 12.8. The molecule has 29 nitrogen and oxygen atoms in total. The van der Waals surface area contributed by atoms with Gasteiger partial charge in [-0.25, -0.2) is 0 Å². The van der Waals surface area contributed by atoms with Crippen molar-refractivity contribution in [2.45, 2.75) is 20.8 Å². The highest BCUT2D eigenvalue weighted by molar-refractivity contribution is 7.12. The van der Waals surface area contributed by atoms with Crippen LogP contribution in [0.15, 0.2) is 314 Å². The summed E-state index contributed by atoms with van der Waals surface area (Å²) in [7, 11) is 0. The lowest BCUT2D eigenvalue weighted by Crippen LogP contribution is -2.17. The molecular weight excluding hydrogens is 1520 g/mol. The molecule has 0 atom stereocenters. The minimum atomic E-state index is -0.433. The normalized spacial score (nSPS) is 10.5.